The Balaban J connectivity index is 1.72. The number of piperazine rings is 1. The lowest BCUT2D eigenvalue weighted by molar-refractivity contribution is 0.0697. The molecular formula is C20H21F3N2O4S. The van der Waals surface area contributed by atoms with Crippen molar-refractivity contribution >= 4 is 15.9 Å². The number of ether oxygens (including phenoxy) is 1. The van der Waals surface area contributed by atoms with Crippen LogP contribution in [0.1, 0.15) is 22.8 Å². The fourth-order valence-corrected chi connectivity index (χ4v) is 4.74. The SMILES string of the molecule is CCOc1ccc(C(=O)N2CCN(S(=O)(=O)c3ccc(F)c(F)c3F)CC2)cc1C. The van der Waals surface area contributed by atoms with Crippen LogP contribution in [-0.4, -0.2) is 56.3 Å². The average molecular weight is 442 g/mol. The van der Waals surface area contributed by atoms with Gasteiger partial charge in [-0.15, -0.1) is 0 Å². The molecule has 10 heteroatoms. The Hall–Kier alpha value is -2.59. The van der Waals surface area contributed by atoms with Gasteiger partial charge < -0.3 is 9.64 Å². The first-order chi connectivity index (χ1) is 14.2. The number of hydrogen-bond donors (Lipinski definition) is 0. The molecule has 0 saturated carbocycles. The number of carbonyl (C=O) groups is 1. The summed E-state index contributed by atoms with van der Waals surface area (Å²) >= 11 is 0. The summed E-state index contributed by atoms with van der Waals surface area (Å²) < 4.78 is 72.2. The predicted octanol–water partition coefficient (Wildman–Crippen LogP) is 2.96. The van der Waals surface area contributed by atoms with Crippen LogP contribution in [0.2, 0.25) is 0 Å². The Labute approximate surface area is 172 Å². The number of nitrogens with zero attached hydrogens (tertiary/aromatic N) is 2. The molecule has 2 aromatic carbocycles. The molecule has 3 rings (SSSR count). The van der Waals surface area contributed by atoms with Crippen LogP contribution in [0.25, 0.3) is 0 Å². The number of halogens is 3. The van der Waals surface area contributed by atoms with E-state index in [4.69, 9.17) is 4.74 Å². The van der Waals surface area contributed by atoms with Gasteiger partial charge in [0.2, 0.25) is 10.0 Å². The Morgan fingerprint density at radius 3 is 2.30 bits per heavy atom. The molecule has 1 saturated heterocycles. The highest BCUT2D eigenvalue weighted by molar-refractivity contribution is 7.89. The minimum Gasteiger partial charge on any atom is -0.494 e. The summed E-state index contributed by atoms with van der Waals surface area (Å²) in [5, 5.41) is 0. The molecule has 0 bridgehead atoms. The number of hydrogen-bond acceptors (Lipinski definition) is 4. The zero-order chi connectivity index (χ0) is 22.1. The van der Waals surface area contributed by atoms with Crippen molar-refractivity contribution in [3.05, 3.63) is 58.9 Å². The molecule has 0 N–H and O–H groups in total. The van der Waals surface area contributed by atoms with Crippen LogP contribution in [0.15, 0.2) is 35.2 Å². The van der Waals surface area contributed by atoms with Crippen molar-refractivity contribution in [3.8, 4) is 5.75 Å². The quantitative estimate of drug-likeness (QED) is 0.668. The van der Waals surface area contributed by atoms with Crippen molar-refractivity contribution < 1.29 is 31.1 Å². The number of sulfonamides is 1. The van der Waals surface area contributed by atoms with E-state index in [1.54, 1.807) is 18.2 Å². The Morgan fingerprint density at radius 2 is 1.70 bits per heavy atom. The standard InChI is InChI=1S/C20H21F3N2O4S/c1-3-29-16-6-4-14(12-13(16)2)20(26)24-8-10-25(11-9-24)30(27,28)17-7-5-15(21)18(22)19(17)23/h4-7,12H,3,8-11H2,1-2H3. The summed E-state index contributed by atoms with van der Waals surface area (Å²) in [6.45, 7) is 4.15. The Bertz CT molecular complexity index is 1070. The number of aryl methyl sites for hydroxylation is 1. The number of carbonyl (C=O) groups excluding carboxylic acids is 1. The van der Waals surface area contributed by atoms with Crippen molar-refractivity contribution in [2.75, 3.05) is 32.8 Å². The van der Waals surface area contributed by atoms with Crippen LogP contribution in [0, 0.1) is 24.4 Å². The van der Waals surface area contributed by atoms with Gasteiger partial charge in [-0.1, -0.05) is 0 Å². The van der Waals surface area contributed by atoms with Gasteiger partial charge in [-0.2, -0.15) is 4.31 Å². The zero-order valence-electron chi connectivity index (χ0n) is 16.5. The summed E-state index contributed by atoms with van der Waals surface area (Å²) in [5.74, 6) is -4.64. The smallest absolute Gasteiger partial charge is 0.253 e. The summed E-state index contributed by atoms with van der Waals surface area (Å²) in [6.07, 6.45) is 0. The summed E-state index contributed by atoms with van der Waals surface area (Å²) in [4.78, 5) is 13.3. The lowest BCUT2D eigenvalue weighted by atomic mass is 10.1. The zero-order valence-corrected chi connectivity index (χ0v) is 17.3. The molecule has 1 aliphatic rings. The molecule has 0 atom stereocenters. The molecular weight excluding hydrogens is 421 g/mol. The monoisotopic (exact) mass is 442 g/mol. The van der Waals surface area contributed by atoms with Crippen molar-refractivity contribution in [2.45, 2.75) is 18.7 Å². The van der Waals surface area contributed by atoms with Crippen molar-refractivity contribution in [1.82, 2.24) is 9.21 Å². The van der Waals surface area contributed by atoms with Gasteiger partial charge in [0.05, 0.1) is 6.61 Å². The van der Waals surface area contributed by atoms with Crippen molar-refractivity contribution in [1.29, 1.82) is 0 Å². The summed E-state index contributed by atoms with van der Waals surface area (Å²) in [6, 6.07) is 6.31. The molecule has 0 aliphatic carbocycles. The molecule has 1 fully saturated rings. The predicted molar refractivity (Wildman–Crippen MR) is 103 cm³/mol. The fourth-order valence-electron chi connectivity index (χ4n) is 3.26. The van der Waals surface area contributed by atoms with Crippen molar-refractivity contribution in [3.63, 3.8) is 0 Å². The molecule has 0 radical (unpaired) electrons. The summed E-state index contributed by atoms with van der Waals surface area (Å²) in [7, 11) is -4.37. The highest BCUT2D eigenvalue weighted by Crippen LogP contribution is 2.25. The molecule has 30 heavy (non-hydrogen) atoms. The number of amides is 1. The lowest BCUT2D eigenvalue weighted by Gasteiger charge is -2.34. The normalized spacial score (nSPS) is 15.3. The second-order valence-electron chi connectivity index (χ2n) is 6.78. The molecule has 162 valence electrons. The van der Waals surface area contributed by atoms with Gasteiger partial charge in [-0.05, 0) is 49.7 Å². The first-order valence-corrected chi connectivity index (χ1v) is 10.8. The topological polar surface area (TPSA) is 66.9 Å². The highest BCUT2D eigenvalue weighted by Gasteiger charge is 2.33. The van der Waals surface area contributed by atoms with E-state index in [1.807, 2.05) is 13.8 Å². The third kappa shape index (κ3) is 4.15. The minimum absolute atomic E-state index is 0.0790. The van der Waals surface area contributed by atoms with E-state index < -0.39 is 32.4 Å². The molecule has 2 aromatic rings. The summed E-state index contributed by atoms with van der Waals surface area (Å²) in [5.41, 5.74) is 1.25. The van der Waals surface area contributed by atoms with Crippen LogP contribution in [0.5, 0.6) is 5.75 Å². The van der Waals surface area contributed by atoms with Crippen LogP contribution in [0.4, 0.5) is 13.2 Å². The Morgan fingerprint density at radius 1 is 1.03 bits per heavy atom. The largest absolute Gasteiger partial charge is 0.494 e. The average Bonchev–Trinajstić information content (AvgIpc) is 2.73. The molecule has 0 aromatic heterocycles. The fraction of sp³-hybridized carbons (Fsp3) is 0.350. The minimum atomic E-state index is -4.37. The first kappa shape index (κ1) is 22.1. The second kappa shape index (κ2) is 8.65. The highest BCUT2D eigenvalue weighted by atomic mass is 32.2. The number of benzene rings is 2. The number of rotatable bonds is 5. The van der Waals surface area contributed by atoms with E-state index in [0.29, 0.717) is 30.1 Å². The molecule has 1 heterocycles. The van der Waals surface area contributed by atoms with Gasteiger partial charge in [0.1, 0.15) is 10.6 Å². The van der Waals surface area contributed by atoms with E-state index in [1.165, 1.54) is 4.90 Å². The lowest BCUT2D eigenvalue weighted by Crippen LogP contribution is -2.50. The van der Waals surface area contributed by atoms with Gasteiger partial charge in [0.15, 0.2) is 17.5 Å². The van der Waals surface area contributed by atoms with Crippen LogP contribution < -0.4 is 4.74 Å². The van der Waals surface area contributed by atoms with Gasteiger partial charge >= 0.3 is 0 Å². The van der Waals surface area contributed by atoms with E-state index in [2.05, 4.69) is 0 Å². The third-order valence-electron chi connectivity index (χ3n) is 4.87. The van der Waals surface area contributed by atoms with E-state index in [0.717, 1.165) is 9.87 Å². The van der Waals surface area contributed by atoms with Crippen LogP contribution in [0.3, 0.4) is 0 Å². The maximum Gasteiger partial charge on any atom is 0.253 e. The van der Waals surface area contributed by atoms with E-state index in [-0.39, 0.29) is 32.1 Å². The molecule has 0 unspecified atom stereocenters. The molecule has 1 amide bonds. The maximum atomic E-state index is 14.0. The Kier molecular flexibility index (Phi) is 6.37. The van der Waals surface area contributed by atoms with Gasteiger partial charge in [0.25, 0.3) is 5.91 Å². The van der Waals surface area contributed by atoms with Crippen molar-refractivity contribution in [2.24, 2.45) is 0 Å². The maximum absolute atomic E-state index is 14.0. The molecule has 1 aliphatic heterocycles. The van der Waals surface area contributed by atoms with Gasteiger partial charge in [-0.25, -0.2) is 21.6 Å². The van der Waals surface area contributed by atoms with Crippen LogP contribution >= 0.6 is 0 Å². The van der Waals surface area contributed by atoms with E-state index >= 15 is 0 Å². The van der Waals surface area contributed by atoms with Crippen LogP contribution in [-0.2, 0) is 10.0 Å². The van der Waals surface area contributed by atoms with Gasteiger partial charge in [-0.3, -0.25) is 4.79 Å². The molecule has 0 spiro atoms. The van der Waals surface area contributed by atoms with E-state index in [9.17, 15) is 26.4 Å². The third-order valence-corrected chi connectivity index (χ3v) is 6.78. The van der Waals surface area contributed by atoms with Gasteiger partial charge in [0, 0.05) is 31.7 Å². The second-order valence-corrected chi connectivity index (χ2v) is 8.69. The molecule has 6 nitrogen and oxygen atoms in total. The first-order valence-electron chi connectivity index (χ1n) is 9.33.